The lowest BCUT2D eigenvalue weighted by Gasteiger charge is -2.40. The van der Waals surface area contributed by atoms with Gasteiger partial charge in [0.05, 0.1) is 77.0 Å². The van der Waals surface area contributed by atoms with Crippen molar-refractivity contribution in [1.82, 2.24) is 9.58 Å². The Balaban J connectivity index is 1.21. The van der Waals surface area contributed by atoms with Crippen LogP contribution in [0.1, 0.15) is 106 Å². The number of rotatable bonds is 6. The molecular formula is C57H68FN5O15. The highest BCUT2D eigenvalue weighted by atomic mass is 19.1. The molecule has 0 radical (unpaired) electrons. The molecule has 11 atom stereocenters. The number of ketones is 1. The first-order chi connectivity index (χ1) is 36.7. The average Bonchev–Trinajstić information content (AvgIpc) is 3.77. The summed E-state index contributed by atoms with van der Waals surface area (Å²) in [6.07, 6.45) is 5.82. The van der Waals surface area contributed by atoms with Gasteiger partial charge in [0.1, 0.15) is 35.5 Å². The van der Waals surface area contributed by atoms with Crippen molar-refractivity contribution in [3.8, 4) is 23.0 Å². The van der Waals surface area contributed by atoms with Crippen molar-refractivity contribution < 1.29 is 73.2 Å². The van der Waals surface area contributed by atoms with Gasteiger partial charge in [-0.2, -0.15) is 5.10 Å². The first-order valence-electron chi connectivity index (χ1n) is 25.9. The van der Waals surface area contributed by atoms with E-state index in [2.05, 4.69) is 5.32 Å². The number of anilines is 2. The number of aromatic nitrogens is 1. The lowest BCUT2D eigenvalue weighted by molar-refractivity contribution is -0.160. The maximum absolute atomic E-state index is 16.3. The summed E-state index contributed by atoms with van der Waals surface area (Å²) in [5, 5.41) is 77.9. The molecule has 7 N–H and O–H groups in total. The zero-order valence-corrected chi connectivity index (χ0v) is 45.5. The van der Waals surface area contributed by atoms with Crippen LogP contribution < -0.4 is 20.4 Å². The van der Waals surface area contributed by atoms with E-state index in [0.29, 0.717) is 5.56 Å². The van der Waals surface area contributed by atoms with Crippen molar-refractivity contribution in [3.63, 3.8) is 0 Å². The van der Waals surface area contributed by atoms with Crippen molar-refractivity contribution in [2.75, 3.05) is 43.6 Å². The van der Waals surface area contributed by atoms with E-state index >= 15 is 4.39 Å². The van der Waals surface area contributed by atoms with Crippen LogP contribution in [0.4, 0.5) is 15.8 Å². The highest BCUT2D eigenvalue weighted by Gasteiger charge is 2.48. The number of hydrogen-bond acceptors (Lipinski definition) is 17. The number of carbonyl (C=O) groups is 4. The zero-order valence-electron chi connectivity index (χ0n) is 45.5. The number of piperazine rings is 1. The molecule has 5 heterocycles. The molecule has 20 nitrogen and oxygen atoms in total. The molecule has 4 aromatic rings. The van der Waals surface area contributed by atoms with E-state index in [4.69, 9.17) is 24.0 Å². The topological polar surface area (TPSA) is 279 Å². The highest BCUT2D eigenvalue weighted by Crippen LogP contribution is 2.53. The van der Waals surface area contributed by atoms with E-state index in [1.54, 1.807) is 75.1 Å². The van der Waals surface area contributed by atoms with Gasteiger partial charge in [-0.15, -0.1) is 0 Å². The standard InChI is InChI=1S/C57H68FN5O15/c1-25-13-12-14-26(2)55(72)60-43-36(21-59-63-17-16-61(22-27(63)3)45-38(58)19-34-44-53(45)76-24-28(4)62(44)23-37(49(34)68)56(73)74)50(69)41-40-35(29(5)48(67)42(41)51(43)70)20-57(10,54(40)71)77-18-15-39(75-11)30(6)52(78-33(9)64)32(8)47(66)31(7)46(25)65/h12-15,18-19,21,23,25,27-28,30-32,39,46-47,52,65-67,69-70H,16-17,20,22,24H2,1-11H3,(H,60,72)(H,73,74)/b13-12+,18-15+,26-14-,59-21+/t25-,27?,28?,30+,31+,32+,39-,46-,47+,52+,57-/m0/s1. The molecule has 3 aromatic carbocycles. The number of carboxylic acid groups (broad SMARTS) is 1. The number of Topliss-reactive ketones (excluding diaryl/α,β-unsaturated/α-hetero) is 1. The van der Waals surface area contributed by atoms with Gasteiger partial charge in [0.15, 0.2) is 22.9 Å². The normalized spacial score (nSPS) is 29.5. The summed E-state index contributed by atoms with van der Waals surface area (Å²) in [5.74, 6) is -8.54. The minimum atomic E-state index is -1.65. The Morgan fingerprint density at radius 1 is 0.936 bits per heavy atom. The van der Waals surface area contributed by atoms with Crippen LogP contribution in [-0.2, 0) is 30.2 Å². The number of aromatic carboxylic acids is 1. The van der Waals surface area contributed by atoms with Crippen LogP contribution in [-0.4, -0.2) is 139 Å². The number of amides is 1. The van der Waals surface area contributed by atoms with Crippen LogP contribution in [0.5, 0.6) is 23.0 Å². The van der Waals surface area contributed by atoms with Crippen LogP contribution in [0.3, 0.4) is 0 Å². The Bertz CT molecular complexity index is 3310. The molecule has 1 aromatic heterocycles. The van der Waals surface area contributed by atoms with Crippen LogP contribution >= 0.6 is 0 Å². The maximum atomic E-state index is 16.3. The Labute approximate surface area is 449 Å². The van der Waals surface area contributed by atoms with E-state index < -0.39 is 117 Å². The highest BCUT2D eigenvalue weighted by molar-refractivity contribution is 6.23. The molecule has 5 bridgehead atoms. The summed E-state index contributed by atoms with van der Waals surface area (Å²) in [4.78, 5) is 68.5. The molecule has 1 saturated heterocycles. The molecule has 2 unspecified atom stereocenters. The minimum Gasteiger partial charge on any atom is -0.507 e. The van der Waals surface area contributed by atoms with Crippen molar-refractivity contribution in [2.24, 2.45) is 28.8 Å². The fourth-order valence-corrected chi connectivity index (χ4v) is 11.4. The van der Waals surface area contributed by atoms with E-state index in [-0.39, 0.29) is 99.8 Å². The van der Waals surface area contributed by atoms with Crippen LogP contribution in [0, 0.1) is 36.4 Å². The van der Waals surface area contributed by atoms with E-state index in [1.807, 2.05) is 0 Å². The lowest BCUT2D eigenvalue weighted by Crippen LogP contribution is -2.50. The summed E-state index contributed by atoms with van der Waals surface area (Å²) in [5.41, 5.74) is -2.70. The number of methoxy groups -OCH3 is 1. The third kappa shape index (κ3) is 9.91. The minimum absolute atomic E-state index is 0.0587. The fourth-order valence-electron chi connectivity index (χ4n) is 11.4. The fraction of sp³-hybridized carbons (Fsp3) is 0.474. The number of hydrogen-bond donors (Lipinski definition) is 7. The molecule has 0 saturated carbocycles. The Morgan fingerprint density at radius 2 is 1.64 bits per heavy atom. The van der Waals surface area contributed by atoms with Gasteiger partial charge >= 0.3 is 11.9 Å². The number of carboxylic acids is 1. The summed E-state index contributed by atoms with van der Waals surface area (Å²) in [6, 6.07) is 0.159. The Morgan fingerprint density at radius 3 is 2.29 bits per heavy atom. The van der Waals surface area contributed by atoms with Crippen molar-refractivity contribution >= 4 is 62.9 Å². The number of fused-ring (bicyclic) bond motifs is 14. The van der Waals surface area contributed by atoms with E-state index in [9.17, 15) is 54.6 Å². The number of hydrazone groups is 1. The second-order valence-electron chi connectivity index (χ2n) is 21.5. The van der Waals surface area contributed by atoms with Gasteiger partial charge in [0.2, 0.25) is 11.2 Å². The number of carbonyl (C=O) groups excluding carboxylic acids is 3. The second-order valence-corrected chi connectivity index (χ2v) is 21.5. The molecule has 0 spiro atoms. The number of nitrogens with zero attached hydrogens (tertiary/aromatic N) is 4. The summed E-state index contributed by atoms with van der Waals surface area (Å²) in [6.45, 7) is 16.8. The number of halogens is 1. The van der Waals surface area contributed by atoms with Gasteiger partial charge < -0.3 is 64.4 Å². The van der Waals surface area contributed by atoms with Gasteiger partial charge in [0, 0.05) is 79.9 Å². The van der Waals surface area contributed by atoms with Crippen molar-refractivity contribution in [3.05, 3.63) is 92.3 Å². The number of allylic oxidation sites excluding steroid dienone is 2. The monoisotopic (exact) mass is 1080 g/mol. The number of nitrogens with one attached hydrogen (secondary N) is 1. The number of benzene rings is 3. The predicted octanol–water partition coefficient (Wildman–Crippen LogP) is 6.61. The molecule has 1 amide bonds. The lowest BCUT2D eigenvalue weighted by atomic mass is 9.78. The van der Waals surface area contributed by atoms with Crippen LogP contribution in [0.25, 0.3) is 21.7 Å². The number of phenolic OH excluding ortho intramolecular Hbond substituents is 3. The Hall–Kier alpha value is -7.49. The number of pyridine rings is 1. The third-order valence-electron chi connectivity index (χ3n) is 16.2. The van der Waals surface area contributed by atoms with Gasteiger partial charge in [0.25, 0.3) is 5.91 Å². The molecule has 4 aliphatic heterocycles. The van der Waals surface area contributed by atoms with Crippen molar-refractivity contribution in [1.29, 1.82) is 0 Å². The second kappa shape index (κ2) is 21.7. The summed E-state index contributed by atoms with van der Waals surface area (Å²) >= 11 is 0. The molecular weight excluding hydrogens is 1010 g/mol. The van der Waals surface area contributed by atoms with Crippen LogP contribution in [0.15, 0.2) is 58.3 Å². The summed E-state index contributed by atoms with van der Waals surface area (Å²) < 4.78 is 41.9. The molecule has 78 heavy (non-hydrogen) atoms. The molecule has 1 fully saturated rings. The maximum Gasteiger partial charge on any atom is 0.341 e. The zero-order chi connectivity index (χ0) is 57.1. The van der Waals surface area contributed by atoms with Gasteiger partial charge in [-0.1, -0.05) is 45.9 Å². The van der Waals surface area contributed by atoms with Crippen molar-refractivity contribution in [2.45, 2.75) is 118 Å². The smallest absolute Gasteiger partial charge is 0.341 e. The number of aliphatic hydroxyl groups excluding tert-OH is 2. The predicted molar refractivity (Wildman–Crippen MR) is 288 cm³/mol. The molecule has 9 rings (SSSR count). The number of aliphatic hydroxyl groups is 2. The number of ether oxygens (including phenoxy) is 4. The number of aromatic hydroxyl groups is 3. The first kappa shape index (κ1) is 56.7. The van der Waals surface area contributed by atoms with E-state index in [0.717, 1.165) is 6.07 Å². The SMILES string of the molecule is CO[C@H]1/C=C/O[C@@]2(C)Cc3c(C)c(O)c4c(O)c(c(/C=N/N5CCN(c6c(F)cc7c(=O)c(C(=O)O)cn8c7c6OCC8C)CC5C)c(O)c4c3C2=O)NC(=O)/C(C)=C\C=C\[C@H](C)[C@H](O)[C@@H](C)[C@@H](O)[C@@H](C)[C@H](OC(C)=O)[C@@H]1C. The molecule has 418 valence electrons. The van der Waals surface area contributed by atoms with Gasteiger partial charge in [-0.05, 0) is 57.9 Å². The third-order valence-corrected chi connectivity index (χ3v) is 16.2. The Kier molecular flexibility index (Phi) is 15.8. The number of phenols is 3. The molecule has 5 aliphatic rings. The van der Waals surface area contributed by atoms with Gasteiger partial charge in [-0.25, -0.2) is 9.18 Å². The van der Waals surface area contributed by atoms with E-state index in [1.165, 1.54) is 58.7 Å². The quantitative estimate of drug-likeness (QED) is 0.0463. The van der Waals surface area contributed by atoms with Gasteiger partial charge in [-0.3, -0.25) is 24.2 Å². The average molecular weight is 1080 g/mol. The largest absolute Gasteiger partial charge is 0.507 e. The van der Waals surface area contributed by atoms with Crippen LogP contribution in [0.2, 0.25) is 0 Å². The first-order valence-corrected chi connectivity index (χ1v) is 25.9. The molecule has 1 aliphatic carbocycles. The molecule has 21 heteroatoms. The number of esters is 1. The summed E-state index contributed by atoms with van der Waals surface area (Å²) in [7, 11) is 1.44.